The molecule has 0 spiro atoms. The third-order valence-electron chi connectivity index (χ3n) is 4.84. The van der Waals surface area contributed by atoms with Crippen LogP contribution in [0.15, 0.2) is 71.3 Å². The van der Waals surface area contributed by atoms with Gasteiger partial charge in [0.2, 0.25) is 0 Å². The second kappa shape index (κ2) is 7.73. The van der Waals surface area contributed by atoms with E-state index in [0.29, 0.717) is 17.9 Å². The fourth-order valence-corrected chi connectivity index (χ4v) is 3.32. The highest BCUT2D eigenvalue weighted by Crippen LogP contribution is 2.33. The van der Waals surface area contributed by atoms with Gasteiger partial charge in [0.05, 0.1) is 0 Å². The van der Waals surface area contributed by atoms with E-state index < -0.39 is 6.09 Å². The predicted octanol–water partition coefficient (Wildman–Crippen LogP) is 4.25. The molecule has 1 amide bonds. The molecule has 0 fully saturated rings. The van der Waals surface area contributed by atoms with Crippen molar-refractivity contribution in [3.05, 3.63) is 78.0 Å². The average Bonchev–Trinajstić information content (AvgIpc) is 3.17. The van der Waals surface area contributed by atoms with Crippen molar-refractivity contribution in [3.8, 4) is 11.3 Å². The molecule has 0 saturated carbocycles. The first-order chi connectivity index (χ1) is 14.0. The summed E-state index contributed by atoms with van der Waals surface area (Å²) in [5, 5.41) is 14.3. The Kier molecular flexibility index (Phi) is 4.97. The number of carboxylic acid groups (broad SMARTS) is 1. The number of aromatic nitrogens is 2. The summed E-state index contributed by atoms with van der Waals surface area (Å²) in [6.07, 6.45) is -0.615. The third kappa shape index (κ3) is 3.68. The minimum absolute atomic E-state index is 0.348. The number of rotatable bonds is 5. The molecule has 4 rings (SSSR count). The number of nitrogens with two attached hydrogens (primary N) is 1. The van der Waals surface area contributed by atoms with Gasteiger partial charge in [0.15, 0.2) is 5.58 Å². The summed E-state index contributed by atoms with van der Waals surface area (Å²) >= 11 is 0. The summed E-state index contributed by atoms with van der Waals surface area (Å²) in [7, 11) is 1.46. The van der Waals surface area contributed by atoms with E-state index in [4.69, 9.17) is 15.4 Å². The Morgan fingerprint density at radius 2 is 1.86 bits per heavy atom. The predicted molar refractivity (Wildman–Crippen MR) is 111 cm³/mol. The van der Waals surface area contributed by atoms with E-state index in [1.807, 2.05) is 54.6 Å². The first-order valence-corrected chi connectivity index (χ1v) is 9.16. The maximum Gasteiger partial charge on any atom is 0.412 e. The van der Waals surface area contributed by atoms with E-state index in [-0.39, 0.29) is 6.04 Å². The van der Waals surface area contributed by atoms with Gasteiger partial charge in [0.25, 0.3) is 0 Å². The zero-order valence-corrected chi connectivity index (χ0v) is 15.8. The fraction of sp³-hybridized carbons (Fsp3) is 0.136. The smallest absolute Gasteiger partial charge is 0.412 e. The summed E-state index contributed by atoms with van der Waals surface area (Å²) in [4.78, 5) is 16.7. The minimum atomic E-state index is -1.07. The summed E-state index contributed by atoms with van der Waals surface area (Å²) in [6.45, 7) is 0. The number of benzene rings is 2. The molecule has 0 saturated heterocycles. The molecule has 0 bridgehead atoms. The van der Waals surface area contributed by atoms with Gasteiger partial charge >= 0.3 is 6.09 Å². The van der Waals surface area contributed by atoms with E-state index in [1.54, 1.807) is 12.1 Å². The summed E-state index contributed by atoms with van der Waals surface area (Å²) in [5.41, 5.74) is 10.5. The molecule has 0 aliphatic carbocycles. The van der Waals surface area contributed by atoms with Crippen molar-refractivity contribution < 1.29 is 14.4 Å². The van der Waals surface area contributed by atoms with Crippen molar-refractivity contribution in [2.45, 2.75) is 12.5 Å². The highest BCUT2D eigenvalue weighted by atomic mass is 16.5. The van der Waals surface area contributed by atoms with Crippen molar-refractivity contribution >= 4 is 22.9 Å². The van der Waals surface area contributed by atoms with Crippen LogP contribution in [-0.2, 0) is 6.42 Å². The lowest BCUT2D eigenvalue weighted by Crippen LogP contribution is -2.25. The molecule has 2 heterocycles. The van der Waals surface area contributed by atoms with Gasteiger partial charge in [0, 0.05) is 36.2 Å². The number of hydrogen-bond acceptors (Lipinski definition) is 5. The molecule has 0 aliphatic rings. The monoisotopic (exact) mass is 388 g/mol. The summed E-state index contributed by atoms with van der Waals surface area (Å²) in [6, 6.07) is 20.4. The molecule has 0 aliphatic heterocycles. The zero-order chi connectivity index (χ0) is 20.4. The molecule has 1 atom stereocenters. The number of anilines is 1. The number of nitrogens with zero attached hydrogens (tertiary/aromatic N) is 3. The number of carbonyl (C=O) groups is 1. The lowest BCUT2D eigenvalue weighted by molar-refractivity contribution is 0.203. The zero-order valence-electron chi connectivity index (χ0n) is 15.8. The molecule has 146 valence electrons. The van der Waals surface area contributed by atoms with E-state index >= 15 is 0 Å². The highest BCUT2D eigenvalue weighted by molar-refractivity contribution is 5.92. The van der Waals surface area contributed by atoms with Crippen molar-refractivity contribution in [1.82, 2.24) is 10.1 Å². The maximum absolute atomic E-state index is 11.2. The van der Waals surface area contributed by atoms with Crippen molar-refractivity contribution in [1.29, 1.82) is 0 Å². The van der Waals surface area contributed by atoms with Crippen LogP contribution >= 0.6 is 0 Å². The van der Waals surface area contributed by atoms with Crippen molar-refractivity contribution in [2.24, 2.45) is 5.73 Å². The Balaban J connectivity index is 1.67. The Bertz CT molecular complexity index is 1170. The van der Waals surface area contributed by atoms with Gasteiger partial charge in [-0.3, -0.25) is 4.90 Å². The van der Waals surface area contributed by atoms with Gasteiger partial charge in [-0.1, -0.05) is 47.6 Å². The second-order valence-electron chi connectivity index (χ2n) is 6.75. The van der Waals surface area contributed by atoms with Gasteiger partial charge in [-0.2, -0.15) is 0 Å². The number of para-hydroxylation sites is 1. The molecular formula is C22H20N4O3. The molecular weight excluding hydrogens is 368 g/mol. The maximum atomic E-state index is 11.2. The van der Waals surface area contributed by atoms with Gasteiger partial charge in [-0.15, -0.1) is 0 Å². The molecule has 29 heavy (non-hydrogen) atoms. The molecule has 0 unspecified atom stereocenters. The second-order valence-corrected chi connectivity index (χ2v) is 6.75. The lowest BCUT2D eigenvalue weighted by Gasteiger charge is -2.17. The molecule has 2 aromatic carbocycles. The van der Waals surface area contributed by atoms with Crippen LogP contribution in [0.1, 0.15) is 17.3 Å². The lowest BCUT2D eigenvalue weighted by atomic mass is 9.94. The largest absolute Gasteiger partial charge is 0.465 e. The van der Waals surface area contributed by atoms with E-state index in [2.05, 4.69) is 10.1 Å². The van der Waals surface area contributed by atoms with Crippen LogP contribution in [0.4, 0.5) is 10.6 Å². The SMILES string of the molecule is CN(C(=O)O)c1cccc(C[C@H](N)c2ccccc2-c2noc3ccccc23)n1. The minimum Gasteiger partial charge on any atom is -0.465 e. The van der Waals surface area contributed by atoms with E-state index in [1.165, 1.54) is 7.05 Å². The van der Waals surface area contributed by atoms with Crippen molar-refractivity contribution in [3.63, 3.8) is 0 Å². The van der Waals surface area contributed by atoms with Crippen LogP contribution in [0.3, 0.4) is 0 Å². The molecule has 0 radical (unpaired) electrons. The topological polar surface area (TPSA) is 105 Å². The summed E-state index contributed by atoms with van der Waals surface area (Å²) in [5.74, 6) is 0.359. The Hall–Kier alpha value is -3.71. The van der Waals surface area contributed by atoms with Crippen LogP contribution in [-0.4, -0.2) is 28.4 Å². The molecule has 7 heteroatoms. The molecule has 7 nitrogen and oxygen atoms in total. The standard InChI is InChI=1S/C22H20N4O3/c1-26(22(27)28)20-12-6-7-14(24-20)13-18(23)15-8-2-3-9-16(15)21-17-10-4-5-11-19(17)29-25-21/h2-12,18H,13,23H2,1H3,(H,27,28)/t18-/m0/s1. The Morgan fingerprint density at radius 1 is 1.10 bits per heavy atom. The van der Waals surface area contributed by atoms with Crippen LogP contribution in [0.5, 0.6) is 0 Å². The van der Waals surface area contributed by atoms with Gasteiger partial charge in [-0.25, -0.2) is 9.78 Å². The van der Waals surface area contributed by atoms with Gasteiger partial charge < -0.3 is 15.4 Å². The third-order valence-corrected chi connectivity index (χ3v) is 4.84. The fourth-order valence-electron chi connectivity index (χ4n) is 3.32. The number of hydrogen-bond donors (Lipinski definition) is 2. The van der Waals surface area contributed by atoms with E-state index in [9.17, 15) is 4.79 Å². The normalized spacial score (nSPS) is 12.1. The molecule has 2 aromatic heterocycles. The summed E-state index contributed by atoms with van der Waals surface area (Å²) < 4.78 is 5.46. The molecule has 4 aromatic rings. The number of fused-ring (bicyclic) bond motifs is 1. The average molecular weight is 388 g/mol. The van der Waals surface area contributed by atoms with Crippen molar-refractivity contribution in [2.75, 3.05) is 11.9 Å². The van der Waals surface area contributed by atoms with Gasteiger partial charge in [0.1, 0.15) is 11.5 Å². The van der Waals surface area contributed by atoms with Gasteiger partial charge in [-0.05, 0) is 29.8 Å². The van der Waals surface area contributed by atoms with Crippen LogP contribution in [0.25, 0.3) is 22.2 Å². The highest BCUT2D eigenvalue weighted by Gasteiger charge is 2.18. The van der Waals surface area contributed by atoms with Crippen LogP contribution in [0, 0.1) is 0 Å². The van der Waals surface area contributed by atoms with Crippen LogP contribution < -0.4 is 10.6 Å². The van der Waals surface area contributed by atoms with E-state index in [0.717, 1.165) is 32.7 Å². The first kappa shape index (κ1) is 18.6. The Morgan fingerprint density at radius 3 is 2.69 bits per heavy atom. The van der Waals surface area contributed by atoms with Crippen LogP contribution in [0.2, 0.25) is 0 Å². The number of amides is 1. The molecule has 3 N–H and O–H groups in total. The quantitative estimate of drug-likeness (QED) is 0.529. The first-order valence-electron chi connectivity index (χ1n) is 9.16. The number of pyridine rings is 1. The Labute approximate surface area is 167 Å².